The Hall–Kier alpha value is -1.13. The highest BCUT2D eigenvalue weighted by atomic mass is 32.1. The summed E-state index contributed by atoms with van der Waals surface area (Å²) in [5.41, 5.74) is 0.945. The van der Waals surface area contributed by atoms with Gasteiger partial charge in [-0.25, -0.2) is 4.98 Å². The fourth-order valence-electron chi connectivity index (χ4n) is 1.35. The summed E-state index contributed by atoms with van der Waals surface area (Å²) in [6, 6.07) is 3.92. The topological polar surface area (TPSA) is 38.1 Å². The van der Waals surface area contributed by atoms with Gasteiger partial charge in [-0.05, 0) is 40.0 Å². The normalized spacial score (nSPS) is 12.0. The summed E-state index contributed by atoms with van der Waals surface area (Å²) in [5.74, 6) is 1.76. The van der Waals surface area contributed by atoms with Crippen LogP contribution < -0.4 is 5.32 Å². The highest BCUT2D eigenvalue weighted by Gasteiger charge is 2.22. The molecule has 0 radical (unpaired) electrons. The molecule has 0 saturated heterocycles. The van der Waals surface area contributed by atoms with Gasteiger partial charge in [-0.3, -0.25) is 0 Å². The van der Waals surface area contributed by atoms with Crippen LogP contribution in [0, 0.1) is 6.92 Å². The van der Waals surface area contributed by atoms with Crippen molar-refractivity contribution in [2.75, 3.05) is 7.05 Å². The van der Waals surface area contributed by atoms with E-state index in [0.717, 1.165) is 22.2 Å². The Balaban J connectivity index is 2.33. The molecule has 0 bridgehead atoms. The molecule has 3 nitrogen and oxygen atoms in total. The lowest BCUT2D eigenvalue weighted by Gasteiger charge is -2.21. The van der Waals surface area contributed by atoms with Crippen LogP contribution in [0.1, 0.15) is 25.3 Å². The summed E-state index contributed by atoms with van der Waals surface area (Å²) in [7, 11) is 1.94. The predicted molar refractivity (Wildman–Crippen MR) is 66.6 cm³/mol. The Morgan fingerprint density at radius 1 is 1.38 bits per heavy atom. The van der Waals surface area contributed by atoms with Gasteiger partial charge in [0.15, 0.2) is 10.8 Å². The average molecular weight is 236 g/mol. The molecule has 0 saturated carbocycles. The van der Waals surface area contributed by atoms with Gasteiger partial charge in [0, 0.05) is 5.38 Å². The molecule has 0 aliphatic carbocycles. The van der Waals surface area contributed by atoms with Crippen molar-refractivity contribution in [3.8, 4) is 10.8 Å². The lowest BCUT2D eigenvalue weighted by atomic mass is 10.0. The first-order valence-electron chi connectivity index (χ1n) is 5.24. The summed E-state index contributed by atoms with van der Waals surface area (Å²) in [5, 5.41) is 6.25. The summed E-state index contributed by atoms with van der Waals surface area (Å²) in [4.78, 5) is 4.60. The molecular weight excluding hydrogens is 220 g/mol. The van der Waals surface area contributed by atoms with Gasteiger partial charge in [0.05, 0.1) is 11.2 Å². The zero-order valence-electron chi connectivity index (χ0n) is 10.00. The van der Waals surface area contributed by atoms with E-state index in [-0.39, 0.29) is 5.54 Å². The third kappa shape index (κ3) is 2.03. The molecule has 16 heavy (non-hydrogen) atoms. The summed E-state index contributed by atoms with van der Waals surface area (Å²) >= 11 is 1.61. The molecule has 0 aliphatic heterocycles. The molecule has 2 rings (SSSR count). The van der Waals surface area contributed by atoms with E-state index in [4.69, 9.17) is 4.42 Å². The molecule has 0 spiro atoms. The van der Waals surface area contributed by atoms with E-state index in [2.05, 4.69) is 29.5 Å². The van der Waals surface area contributed by atoms with Crippen molar-refractivity contribution in [2.45, 2.75) is 26.3 Å². The van der Waals surface area contributed by atoms with Gasteiger partial charge in [-0.15, -0.1) is 11.3 Å². The second-order valence-corrected chi connectivity index (χ2v) is 5.18. The number of nitrogens with one attached hydrogen (secondary N) is 1. The Labute approximate surface area is 99.5 Å². The van der Waals surface area contributed by atoms with Crippen molar-refractivity contribution in [3.05, 3.63) is 29.0 Å². The van der Waals surface area contributed by atoms with E-state index >= 15 is 0 Å². The number of hydrogen-bond donors (Lipinski definition) is 1. The molecule has 0 amide bonds. The summed E-state index contributed by atoms with van der Waals surface area (Å²) in [6.45, 7) is 6.16. The Morgan fingerprint density at radius 2 is 2.12 bits per heavy atom. The molecular formula is C12H16N2OS. The highest BCUT2D eigenvalue weighted by molar-refractivity contribution is 7.13. The van der Waals surface area contributed by atoms with Crippen LogP contribution in [0.5, 0.6) is 0 Å². The van der Waals surface area contributed by atoms with Gasteiger partial charge >= 0.3 is 0 Å². The first-order chi connectivity index (χ1) is 7.53. The minimum Gasteiger partial charge on any atom is -0.459 e. The Kier molecular flexibility index (Phi) is 2.86. The quantitative estimate of drug-likeness (QED) is 0.889. The van der Waals surface area contributed by atoms with E-state index in [1.165, 1.54) is 0 Å². The summed E-state index contributed by atoms with van der Waals surface area (Å²) < 4.78 is 5.56. The molecule has 0 atom stereocenters. The van der Waals surface area contributed by atoms with Gasteiger partial charge in [0.25, 0.3) is 0 Å². The molecule has 1 N–H and O–H groups in total. The van der Waals surface area contributed by atoms with Crippen molar-refractivity contribution >= 4 is 11.3 Å². The smallest absolute Gasteiger partial charge is 0.162 e. The van der Waals surface area contributed by atoms with Gasteiger partial charge in [0.2, 0.25) is 0 Å². The number of rotatable bonds is 3. The summed E-state index contributed by atoms with van der Waals surface area (Å²) in [6.07, 6.45) is 0. The Bertz CT molecular complexity index is 485. The van der Waals surface area contributed by atoms with Gasteiger partial charge in [-0.1, -0.05) is 0 Å². The maximum absolute atomic E-state index is 5.56. The third-order valence-corrected chi connectivity index (χ3v) is 3.58. The molecule has 4 heteroatoms. The van der Waals surface area contributed by atoms with Crippen molar-refractivity contribution < 1.29 is 4.42 Å². The number of hydrogen-bond acceptors (Lipinski definition) is 4. The van der Waals surface area contributed by atoms with Crippen LogP contribution in [-0.2, 0) is 5.54 Å². The molecule has 2 heterocycles. The highest BCUT2D eigenvalue weighted by Crippen LogP contribution is 2.29. The maximum Gasteiger partial charge on any atom is 0.162 e. The second-order valence-electron chi connectivity index (χ2n) is 4.32. The van der Waals surface area contributed by atoms with Crippen molar-refractivity contribution in [2.24, 2.45) is 0 Å². The molecule has 2 aromatic rings. The number of nitrogens with zero attached hydrogens (tertiary/aromatic N) is 1. The monoisotopic (exact) mass is 236 g/mol. The molecule has 86 valence electrons. The van der Waals surface area contributed by atoms with Gasteiger partial charge < -0.3 is 9.73 Å². The van der Waals surface area contributed by atoms with Crippen LogP contribution in [0.25, 0.3) is 10.8 Å². The number of aromatic nitrogens is 1. The van der Waals surface area contributed by atoms with Crippen molar-refractivity contribution in [1.82, 2.24) is 10.3 Å². The number of thiazole rings is 1. The van der Waals surface area contributed by atoms with Crippen LogP contribution in [0.15, 0.2) is 21.9 Å². The molecule has 0 aromatic carbocycles. The molecule has 0 unspecified atom stereocenters. The number of aryl methyl sites for hydroxylation is 1. The van der Waals surface area contributed by atoms with Crippen LogP contribution in [0.2, 0.25) is 0 Å². The zero-order valence-corrected chi connectivity index (χ0v) is 10.8. The fourth-order valence-corrected chi connectivity index (χ4v) is 2.30. The van der Waals surface area contributed by atoms with Gasteiger partial charge in [0.1, 0.15) is 5.76 Å². The van der Waals surface area contributed by atoms with Crippen LogP contribution in [-0.4, -0.2) is 12.0 Å². The average Bonchev–Trinajstić information content (AvgIpc) is 2.85. The molecule has 2 aromatic heterocycles. The minimum atomic E-state index is -0.101. The first kappa shape index (κ1) is 11.4. The van der Waals surface area contributed by atoms with E-state index < -0.39 is 0 Å². The van der Waals surface area contributed by atoms with Gasteiger partial charge in [-0.2, -0.15) is 0 Å². The first-order valence-corrected chi connectivity index (χ1v) is 6.12. The van der Waals surface area contributed by atoms with E-state index in [9.17, 15) is 0 Å². The molecule has 0 aliphatic rings. The second kappa shape index (κ2) is 4.03. The molecule has 0 fully saturated rings. The standard InChI is InChI=1S/C12H16N2OS/c1-8-5-6-9(15-8)11-14-10(7-16-11)12(2,3)13-4/h5-7,13H,1-4H3. The Morgan fingerprint density at radius 3 is 2.69 bits per heavy atom. The minimum absolute atomic E-state index is 0.101. The third-order valence-electron chi connectivity index (χ3n) is 2.72. The maximum atomic E-state index is 5.56. The van der Waals surface area contributed by atoms with Crippen molar-refractivity contribution in [1.29, 1.82) is 0 Å². The lowest BCUT2D eigenvalue weighted by Crippen LogP contribution is -2.33. The lowest BCUT2D eigenvalue weighted by molar-refractivity contribution is 0.433. The number of furan rings is 1. The van der Waals surface area contributed by atoms with E-state index in [0.29, 0.717) is 0 Å². The zero-order chi connectivity index (χ0) is 11.8. The van der Waals surface area contributed by atoms with Crippen molar-refractivity contribution in [3.63, 3.8) is 0 Å². The largest absolute Gasteiger partial charge is 0.459 e. The van der Waals surface area contributed by atoms with Crippen LogP contribution in [0.4, 0.5) is 0 Å². The SMILES string of the molecule is CNC(C)(C)c1csc(-c2ccc(C)o2)n1. The van der Waals surface area contributed by atoms with Crippen LogP contribution >= 0.6 is 11.3 Å². The van der Waals surface area contributed by atoms with E-state index in [1.807, 2.05) is 26.1 Å². The van der Waals surface area contributed by atoms with E-state index in [1.54, 1.807) is 11.3 Å². The fraction of sp³-hybridized carbons (Fsp3) is 0.417. The van der Waals surface area contributed by atoms with Crippen LogP contribution in [0.3, 0.4) is 0 Å². The predicted octanol–water partition coefficient (Wildman–Crippen LogP) is 3.17.